The summed E-state index contributed by atoms with van der Waals surface area (Å²) in [7, 11) is 1.14. The molecule has 12 heteroatoms. The first-order valence-electron chi connectivity index (χ1n) is 11.1. The number of hydrogen-bond donors (Lipinski definition) is 1. The van der Waals surface area contributed by atoms with Gasteiger partial charge in [0, 0.05) is 51.2 Å². The largest absolute Gasteiger partial charge is 0.493 e. The highest BCUT2D eigenvalue weighted by molar-refractivity contribution is 7.89. The molecule has 1 aromatic carbocycles. The Balaban J connectivity index is 1.44. The number of rotatable bonds is 11. The average molecular weight is 506 g/mol. The van der Waals surface area contributed by atoms with Crippen LogP contribution in [0.2, 0.25) is 0 Å². The molecule has 1 N–H and O–H groups in total. The highest BCUT2D eigenvalue weighted by Gasteiger charge is 2.27. The molecule has 11 nitrogen and oxygen atoms in total. The van der Waals surface area contributed by atoms with Crippen LogP contribution in [0, 0.1) is 0 Å². The lowest BCUT2D eigenvalue weighted by molar-refractivity contribution is -0.116. The van der Waals surface area contributed by atoms with Gasteiger partial charge < -0.3 is 24.4 Å². The molecular weight excluding hydrogens is 474 g/mol. The van der Waals surface area contributed by atoms with Crippen LogP contribution in [0.3, 0.4) is 0 Å². The van der Waals surface area contributed by atoms with E-state index in [9.17, 15) is 13.2 Å². The SMILES string of the molecule is COc1cc(/C=C\C(=O)NCCCS(=O)(=O)N2CCN(c3ncccn3)CC2)cc(OC)c1OC. The summed E-state index contributed by atoms with van der Waals surface area (Å²) >= 11 is 0. The summed E-state index contributed by atoms with van der Waals surface area (Å²) in [5, 5.41) is 2.72. The van der Waals surface area contributed by atoms with Crippen molar-refractivity contribution in [3.8, 4) is 17.2 Å². The summed E-state index contributed by atoms with van der Waals surface area (Å²) in [6.45, 7) is 2.07. The molecule has 3 rings (SSSR count). The van der Waals surface area contributed by atoms with E-state index in [2.05, 4.69) is 15.3 Å². The molecule has 35 heavy (non-hydrogen) atoms. The number of ether oxygens (including phenoxy) is 3. The molecule has 0 bridgehead atoms. The highest BCUT2D eigenvalue weighted by Crippen LogP contribution is 2.38. The summed E-state index contributed by atoms with van der Waals surface area (Å²) in [5.41, 5.74) is 0.692. The number of sulfonamides is 1. The number of carbonyl (C=O) groups excluding carboxylic acids is 1. The Morgan fingerprint density at radius 3 is 2.23 bits per heavy atom. The smallest absolute Gasteiger partial charge is 0.243 e. The molecule has 1 fully saturated rings. The van der Waals surface area contributed by atoms with Crippen molar-refractivity contribution in [1.82, 2.24) is 19.6 Å². The molecule has 1 aliphatic heterocycles. The molecule has 1 saturated heterocycles. The van der Waals surface area contributed by atoms with Gasteiger partial charge in [0.2, 0.25) is 27.6 Å². The van der Waals surface area contributed by atoms with Gasteiger partial charge in [-0.2, -0.15) is 4.31 Å². The molecule has 0 aliphatic carbocycles. The standard InChI is InChI=1S/C23H31N5O6S/c1-32-19-16-18(17-20(33-2)22(19)34-3)6-7-21(29)24-10-5-15-35(30,31)28-13-11-27(12-14-28)23-25-8-4-9-26-23/h4,6-9,16-17H,5,10-15H2,1-3H3,(H,24,29)/b7-6-. The first-order chi connectivity index (χ1) is 16.9. The fraction of sp³-hybridized carbons (Fsp3) is 0.435. The Kier molecular flexibility index (Phi) is 9.26. The Hall–Kier alpha value is -3.38. The van der Waals surface area contributed by atoms with Crippen molar-refractivity contribution in [3.05, 3.63) is 42.2 Å². The fourth-order valence-electron chi connectivity index (χ4n) is 3.64. The van der Waals surface area contributed by atoms with Crippen LogP contribution in [0.4, 0.5) is 5.95 Å². The van der Waals surface area contributed by atoms with Gasteiger partial charge in [0.05, 0.1) is 27.1 Å². The first kappa shape index (κ1) is 26.2. The van der Waals surface area contributed by atoms with Gasteiger partial charge in [-0.3, -0.25) is 4.79 Å². The van der Waals surface area contributed by atoms with E-state index in [4.69, 9.17) is 14.2 Å². The fourth-order valence-corrected chi connectivity index (χ4v) is 5.13. The van der Waals surface area contributed by atoms with E-state index < -0.39 is 10.0 Å². The molecule has 190 valence electrons. The average Bonchev–Trinajstić information content (AvgIpc) is 2.89. The van der Waals surface area contributed by atoms with E-state index in [1.165, 1.54) is 31.7 Å². The summed E-state index contributed by atoms with van der Waals surface area (Å²) in [4.78, 5) is 22.6. The van der Waals surface area contributed by atoms with E-state index in [1.807, 2.05) is 4.90 Å². The molecule has 0 radical (unpaired) electrons. The van der Waals surface area contributed by atoms with Gasteiger partial charge in [-0.05, 0) is 36.3 Å². The third-order valence-corrected chi connectivity index (χ3v) is 7.42. The molecule has 2 aromatic rings. The second kappa shape index (κ2) is 12.4. The van der Waals surface area contributed by atoms with Crippen LogP contribution in [0.5, 0.6) is 17.2 Å². The monoisotopic (exact) mass is 505 g/mol. The van der Waals surface area contributed by atoms with Crippen molar-refractivity contribution in [3.63, 3.8) is 0 Å². The minimum atomic E-state index is -3.41. The maximum Gasteiger partial charge on any atom is 0.243 e. The minimum absolute atomic E-state index is 0.0360. The molecule has 0 saturated carbocycles. The van der Waals surface area contributed by atoms with Gasteiger partial charge in [-0.25, -0.2) is 18.4 Å². The molecule has 0 spiro atoms. The Bertz CT molecular complexity index is 1090. The van der Waals surface area contributed by atoms with Crippen LogP contribution in [0.1, 0.15) is 12.0 Å². The van der Waals surface area contributed by atoms with Crippen molar-refractivity contribution >= 4 is 28.0 Å². The van der Waals surface area contributed by atoms with E-state index >= 15 is 0 Å². The number of methoxy groups -OCH3 is 3. The van der Waals surface area contributed by atoms with Crippen molar-refractivity contribution in [2.24, 2.45) is 0 Å². The molecule has 0 unspecified atom stereocenters. The third-order valence-electron chi connectivity index (χ3n) is 5.46. The van der Waals surface area contributed by atoms with Crippen molar-refractivity contribution in [2.45, 2.75) is 6.42 Å². The minimum Gasteiger partial charge on any atom is -0.493 e. The number of benzene rings is 1. The lowest BCUT2D eigenvalue weighted by Crippen LogP contribution is -2.49. The molecule has 1 amide bonds. The lowest BCUT2D eigenvalue weighted by atomic mass is 10.1. The number of amides is 1. The molecule has 1 aromatic heterocycles. The number of nitrogens with one attached hydrogen (secondary N) is 1. The Morgan fingerprint density at radius 1 is 1.03 bits per heavy atom. The second-order valence-electron chi connectivity index (χ2n) is 7.69. The normalized spacial score (nSPS) is 14.7. The van der Waals surface area contributed by atoms with Gasteiger partial charge in [-0.15, -0.1) is 0 Å². The summed E-state index contributed by atoms with van der Waals surface area (Å²) in [6, 6.07) is 5.19. The zero-order valence-electron chi connectivity index (χ0n) is 20.1. The van der Waals surface area contributed by atoms with Gasteiger partial charge >= 0.3 is 0 Å². The number of nitrogens with zero attached hydrogens (tertiary/aromatic N) is 4. The van der Waals surface area contributed by atoms with Gasteiger partial charge in [0.15, 0.2) is 11.5 Å². The molecule has 2 heterocycles. The Labute approximate surface area is 205 Å². The van der Waals surface area contributed by atoms with Crippen LogP contribution in [0.25, 0.3) is 6.08 Å². The van der Waals surface area contributed by atoms with Gasteiger partial charge in [0.1, 0.15) is 0 Å². The summed E-state index contributed by atoms with van der Waals surface area (Å²) < 4.78 is 42.7. The second-order valence-corrected chi connectivity index (χ2v) is 9.78. The highest BCUT2D eigenvalue weighted by atomic mass is 32.2. The number of piperazine rings is 1. The maximum absolute atomic E-state index is 12.7. The van der Waals surface area contributed by atoms with E-state index in [1.54, 1.807) is 36.7 Å². The van der Waals surface area contributed by atoms with E-state index in [0.717, 1.165) is 0 Å². The maximum atomic E-state index is 12.7. The molecular formula is C23H31N5O6S. The summed E-state index contributed by atoms with van der Waals surface area (Å²) in [6.07, 6.45) is 6.64. The van der Waals surface area contributed by atoms with Gasteiger partial charge in [-0.1, -0.05) is 0 Å². The zero-order chi connectivity index (χ0) is 25.3. The Morgan fingerprint density at radius 2 is 1.66 bits per heavy atom. The zero-order valence-corrected chi connectivity index (χ0v) is 21.0. The molecule has 1 aliphatic rings. The quantitative estimate of drug-likeness (QED) is 0.354. The predicted octanol–water partition coefficient (Wildman–Crippen LogP) is 1.17. The molecule has 0 atom stereocenters. The van der Waals surface area contributed by atoms with Gasteiger partial charge in [0.25, 0.3) is 0 Å². The number of carbonyl (C=O) groups is 1. The predicted molar refractivity (Wildman–Crippen MR) is 132 cm³/mol. The van der Waals surface area contributed by atoms with Crippen LogP contribution in [-0.4, -0.2) is 88.4 Å². The first-order valence-corrected chi connectivity index (χ1v) is 12.7. The van der Waals surface area contributed by atoms with Crippen LogP contribution in [0.15, 0.2) is 36.7 Å². The number of anilines is 1. The van der Waals surface area contributed by atoms with Crippen molar-refractivity contribution in [1.29, 1.82) is 0 Å². The summed E-state index contributed by atoms with van der Waals surface area (Å²) in [5.74, 6) is 1.67. The number of hydrogen-bond acceptors (Lipinski definition) is 9. The lowest BCUT2D eigenvalue weighted by Gasteiger charge is -2.33. The van der Waals surface area contributed by atoms with Crippen LogP contribution >= 0.6 is 0 Å². The van der Waals surface area contributed by atoms with Crippen molar-refractivity contribution in [2.75, 3.05) is 64.7 Å². The van der Waals surface area contributed by atoms with Crippen LogP contribution in [-0.2, 0) is 14.8 Å². The van der Waals surface area contributed by atoms with E-state index in [0.29, 0.717) is 61.4 Å². The van der Waals surface area contributed by atoms with E-state index in [-0.39, 0.29) is 18.2 Å². The van der Waals surface area contributed by atoms with Crippen molar-refractivity contribution < 1.29 is 27.4 Å². The number of aromatic nitrogens is 2. The topological polar surface area (TPSA) is 123 Å². The third kappa shape index (κ3) is 7.06. The van der Waals surface area contributed by atoms with Crippen LogP contribution < -0.4 is 24.4 Å².